The molecule has 0 spiro atoms. The van der Waals surface area contributed by atoms with Crippen LogP contribution in [0.5, 0.6) is 5.75 Å². The van der Waals surface area contributed by atoms with E-state index >= 15 is 0 Å². The Balaban J connectivity index is 2.05. The average molecular weight is 248 g/mol. The van der Waals surface area contributed by atoms with Gasteiger partial charge in [0.05, 0.1) is 6.61 Å². The molecule has 18 heavy (non-hydrogen) atoms. The van der Waals surface area contributed by atoms with Gasteiger partial charge in [0, 0.05) is 30.9 Å². The van der Waals surface area contributed by atoms with Gasteiger partial charge in [-0.25, -0.2) is 0 Å². The number of benzene rings is 1. The second kappa shape index (κ2) is 6.10. The largest absolute Gasteiger partial charge is 0.494 e. The zero-order chi connectivity index (χ0) is 13.0. The molecule has 3 heteroatoms. The van der Waals surface area contributed by atoms with Crippen molar-refractivity contribution in [3.8, 4) is 5.75 Å². The number of ether oxygens (including phenoxy) is 1. The lowest BCUT2D eigenvalue weighted by molar-refractivity contribution is 0.340. The van der Waals surface area contributed by atoms with Crippen LogP contribution in [0, 0.1) is 0 Å². The van der Waals surface area contributed by atoms with Gasteiger partial charge in [-0.15, -0.1) is 0 Å². The van der Waals surface area contributed by atoms with Crippen LogP contribution in [0.15, 0.2) is 24.3 Å². The third-order valence-corrected chi connectivity index (χ3v) is 3.41. The monoisotopic (exact) mass is 248 g/mol. The molecule has 1 aromatic carbocycles. The molecule has 1 fully saturated rings. The Kier molecular flexibility index (Phi) is 4.48. The number of hydrogen-bond acceptors (Lipinski definition) is 3. The zero-order valence-electron chi connectivity index (χ0n) is 11.6. The van der Waals surface area contributed by atoms with Crippen molar-refractivity contribution >= 4 is 5.69 Å². The van der Waals surface area contributed by atoms with Crippen molar-refractivity contribution in [1.29, 1.82) is 0 Å². The van der Waals surface area contributed by atoms with E-state index in [9.17, 15) is 0 Å². The number of nitrogens with one attached hydrogen (secondary N) is 1. The van der Waals surface area contributed by atoms with Crippen LogP contribution in [0.2, 0.25) is 0 Å². The summed E-state index contributed by atoms with van der Waals surface area (Å²) < 4.78 is 5.48. The Hall–Kier alpha value is -1.22. The molecule has 0 bridgehead atoms. The molecule has 0 saturated carbocycles. The normalized spacial score (nSPS) is 24.7. The van der Waals surface area contributed by atoms with Gasteiger partial charge in [0.25, 0.3) is 0 Å². The Labute approximate surface area is 110 Å². The van der Waals surface area contributed by atoms with Gasteiger partial charge in [-0.05, 0) is 51.5 Å². The van der Waals surface area contributed by atoms with Gasteiger partial charge >= 0.3 is 0 Å². The fraction of sp³-hybridized carbons (Fsp3) is 0.600. The number of rotatable bonds is 3. The summed E-state index contributed by atoms with van der Waals surface area (Å²) in [6.45, 7) is 9.44. The maximum Gasteiger partial charge on any atom is 0.119 e. The first-order chi connectivity index (χ1) is 8.69. The van der Waals surface area contributed by atoms with Crippen molar-refractivity contribution in [1.82, 2.24) is 5.32 Å². The summed E-state index contributed by atoms with van der Waals surface area (Å²) in [6, 6.07) is 9.58. The standard InChI is InChI=1S/C15H24N2O/c1-4-18-15-7-5-14(6-8-15)17-10-9-12(2)16-13(3)11-17/h5-8,12-13,16H,4,9-11H2,1-3H3. The van der Waals surface area contributed by atoms with E-state index in [1.54, 1.807) is 0 Å². The number of anilines is 1. The predicted octanol–water partition coefficient (Wildman–Crippen LogP) is 2.66. The minimum Gasteiger partial charge on any atom is -0.494 e. The smallest absolute Gasteiger partial charge is 0.119 e. The van der Waals surface area contributed by atoms with E-state index in [4.69, 9.17) is 4.74 Å². The van der Waals surface area contributed by atoms with E-state index < -0.39 is 0 Å². The molecule has 1 aliphatic rings. The molecule has 0 aliphatic carbocycles. The molecule has 1 aromatic rings. The summed E-state index contributed by atoms with van der Waals surface area (Å²) >= 11 is 0. The van der Waals surface area contributed by atoms with Crippen LogP contribution >= 0.6 is 0 Å². The van der Waals surface area contributed by atoms with Crippen LogP contribution < -0.4 is 15.0 Å². The topological polar surface area (TPSA) is 24.5 Å². The molecule has 2 rings (SSSR count). The van der Waals surface area contributed by atoms with E-state index in [1.165, 1.54) is 12.1 Å². The van der Waals surface area contributed by atoms with Gasteiger partial charge in [-0.3, -0.25) is 0 Å². The molecule has 2 unspecified atom stereocenters. The van der Waals surface area contributed by atoms with Gasteiger partial charge in [0.2, 0.25) is 0 Å². The highest BCUT2D eigenvalue weighted by Gasteiger charge is 2.18. The van der Waals surface area contributed by atoms with Gasteiger partial charge in [0.1, 0.15) is 5.75 Å². The molecular formula is C15H24N2O. The van der Waals surface area contributed by atoms with Crippen molar-refractivity contribution in [3.05, 3.63) is 24.3 Å². The summed E-state index contributed by atoms with van der Waals surface area (Å²) in [5, 5.41) is 3.61. The third-order valence-electron chi connectivity index (χ3n) is 3.41. The van der Waals surface area contributed by atoms with E-state index in [2.05, 4.69) is 48.3 Å². The van der Waals surface area contributed by atoms with Crippen molar-refractivity contribution in [3.63, 3.8) is 0 Å². The second-order valence-corrected chi connectivity index (χ2v) is 5.13. The van der Waals surface area contributed by atoms with Crippen molar-refractivity contribution in [2.24, 2.45) is 0 Å². The third kappa shape index (κ3) is 3.39. The van der Waals surface area contributed by atoms with Crippen LogP contribution in [0.25, 0.3) is 0 Å². The van der Waals surface area contributed by atoms with E-state index in [0.29, 0.717) is 12.1 Å². The Bertz CT molecular complexity index is 363. The molecule has 100 valence electrons. The first kappa shape index (κ1) is 13.2. The molecule has 1 N–H and O–H groups in total. The molecule has 1 heterocycles. The van der Waals surface area contributed by atoms with Crippen LogP contribution in [0.4, 0.5) is 5.69 Å². The molecule has 2 atom stereocenters. The number of hydrogen-bond donors (Lipinski definition) is 1. The van der Waals surface area contributed by atoms with Crippen molar-refractivity contribution in [2.45, 2.75) is 39.3 Å². The molecule has 3 nitrogen and oxygen atoms in total. The lowest BCUT2D eigenvalue weighted by Crippen LogP contribution is -2.37. The Morgan fingerprint density at radius 1 is 1.22 bits per heavy atom. The molecular weight excluding hydrogens is 224 g/mol. The van der Waals surface area contributed by atoms with Crippen molar-refractivity contribution < 1.29 is 4.74 Å². The average Bonchev–Trinajstić information content (AvgIpc) is 2.52. The molecule has 0 amide bonds. The van der Waals surface area contributed by atoms with Gasteiger partial charge < -0.3 is 15.0 Å². The highest BCUT2D eigenvalue weighted by atomic mass is 16.5. The predicted molar refractivity (Wildman–Crippen MR) is 76.5 cm³/mol. The summed E-state index contributed by atoms with van der Waals surface area (Å²) in [6.07, 6.45) is 1.19. The summed E-state index contributed by atoms with van der Waals surface area (Å²) in [4.78, 5) is 2.46. The van der Waals surface area contributed by atoms with Crippen LogP contribution in [0.1, 0.15) is 27.2 Å². The lowest BCUT2D eigenvalue weighted by atomic mass is 10.2. The fourth-order valence-electron chi connectivity index (χ4n) is 2.55. The quantitative estimate of drug-likeness (QED) is 0.890. The summed E-state index contributed by atoms with van der Waals surface area (Å²) in [7, 11) is 0. The van der Waals surface area contributed by atoms with E-state index in [1.807, 2.05) is 6.92 Å². The Morgan fingerprint density at radius 2 is 1.94 bits per heavy atom. The maximum absolute atomic E-state index is 5.48. The minimum atomic E-state index is 0.536. The van der Waals surface area contributed by atoms with Gasteiger partial charge in [-0.1, -0.05) is 0 Å². The molecule has 0 radical (unpaired) electrons. The summed E-state index contributed by atoms with van der Waals surface area (Å²) in [5.74, 6) is 0.954. The molecule has 1 saturated heterocycles. The van der Waals surface area contributed by atoms with E-state index in [-0.39, 0.29) is 0 Å². The van der Waals surface area contributed by atoms with Crippen LogP contribution in [0.3, 0.4) is 0 Å². The maximum atomic E-state index is 5.48. The Morgan fingerprint density at radius 3 is 2.61 bits per heavy atom. The zero-order valence-corrected chi connectivity index (χ0v) is 11.6. The summed E-state index contributed by atoms with van der Waals surface area (Å²) in [5.41, 5.74) is 1.29. The minimum absolute atomic E-state index is 0.536. The highest BCUT2D eigenvalue weighted by Crippen LogP contribution is 2.21. The van der Waals surface area contributed by atoms with Crippen LogP contribution in [-0.2, 0) is 0 Å². The second-order valence-electron chi connectivity index (χ2n) is 5.13. The SMILES string of the molecule is CCOc1ccc(N2CCC(C)NC(C)C2)cc1. The van der Waals surface area contributed by atoms with Crippen molar-refractivity contribution in [2.75, 3.05) is 24.6 Å². The fourth-order valence-corrected chi connectivity index (χ4v) is 2.55. The molecule has 1 aliphatic heterocycles. The number of nitrogens with zero attached hydrogens (tertiary/aromatic N) is 1. The van der Waals surface area contributed by atoms with E-state index in [0.717, 1.165) is 25.4 Å². The van der Waals surface area contributed by atoms with Crippen LogP contribution in [-0.4, -0.2) is 31.8 Å². The molecule has 0 aromatic heterocycles. The first-order valence-corrected chi connectivity index (χ1v) is 6.93. The van der Waals surface area contributed by atoms with Gasteiger partial charge in [-0.2, -0.15) is 0 Å². The highest BCUT2D eigenvalue weighted by molar-refractivity contribution is 5.49. The first-order valence-electron chi connectivity index (χ1n) is 6.93. The van der Waals surface area contributed by atoms with Gasteiger partial charge in [0.15, 0.2) is 0 Å². The lowest BCUT2D eigenvalue weighted by Gasteiger charge is -2.25.